The summed E-state index contributed by atoms with van der Waals surface area (Å²) in [6, 6.07) is 9.01. The maximum atomic E-state index is 12.2. The summed E-state index contributed by atoms with van der Waals surface area (Å²) in [4.78, 5) is 16.4. The van der Waals surface area contributed by atoms with Gasteiger partial charge in [-0.2, -0.15) is 5.10 Å². The molecule has 26 heavy (non-hydrogen) atoms. The van der Waals surface area contributed by atoms with E-state index in [1.165, 1.54) is 0 Å². The lowest BCUT2D eigenvalue weighted by Gasteiger charge is -2.12. The largest absolute Gasteiger partial charge is 0.492 e. The number of nitrogens with one attached hydrogen (secondary N) is 2. The third-order valence-electron chi connectivity index (χ3n) is 3.72. The number of hydrogen-bond donors (Lipinski definition) is 2. The molecule has 3 aromatic rings. The third-order valence-corrected chi connectivity index (χ3v) is 3.72. The number of ether oxygens (including phenoxy) is 1. The molecule has 0 bridgehead atoms. The number of pyridine rings is 1. The van der Waals surface area contributed by atoms with E-state index >= 15 is 0 Å². The summed E-state index contributed by atoms with van der Waals surface area (Å²) in [6.45, 7) is 2.80. The lowest BCUT2D eigenvalue weighted by Crippen LogP contribution is -2.28. The van der Waals surface area contributed by atoms with Crippen LogP contribution < -0.4 is 15.4 Å². The minimum absolute atomic E-state index is 0.302. The number of para-hydroxylation sites is 2. The molecule has 0 atom stereocenters. The standard InChI is InChI=1S/C19H21N5O2/c1-3-26-18-7-5-4-6-17(18)23-19(25)21-10-14-8-15(11-20-9-14)16-12-22-24(2)13-16/h4-9,11-13H,3,10H2,1-2H3,(H2,21,23,25). The molecule has 0 aliphatic heterocycles. The molecular weight excluding hydrogens is 330 g/mol. The zero-order valence-electron chi connectivity index (χ0n) is 14.8. The Balaban J connectivity index is 1.61. The minimum atomic E-state index is -0.302. The van der Waals surface area contributed by atoms with Crippen molar-refractivity contribution in [2.45, 2.75) is 13.5 Å². The quantitative estimate of drug-likeness (QED) is 0.714. The van der Waals surface area contributed by atoms with Crippen molar-refractivity contribution in [3.05, 3.63) is 60.7 Å². The van der Waals surface area contributed by atoms with Crippen molar-refractivity contribution in [1.82, 2.24) is 20.1 Å². The van der Waals surface area contributed by atoms with Gasteiger partial charge in [-0.15, -0.1) is 0 Å². The van der Waals surface area contributed by atoms with E-state index in [1.54, 1.807) is 29.3 Å². The molecule has 0 spiro atoms. The van der Waals surface area contributed by atoms with Crippen molar-refractivity contribution in [3.63, 3.8) is 0 Å². The molecule has 0 unspecified atom stereocenters. The number of urea groups is 1. The monoisotopic (exact) mass is 351 g/mol. The van der Waals surface area contributed by atoms with Crippen LogP contribution in [0, 0.1) is 0 Å². The number of aryl methyl sites for hydroxylation is 1. The van der Waals surface area contributed by atoms with Crippen molar-refractivity contribution in [2.75, 3.05) is 11.9 Å². The van der Waals surface area contributed by atoms with E-state index in [-0.39, 0.29) is 6.03 Å². The molecule has 7 heteroatoms. The van der Waals surface area contributed by atoms with Crippen LogP contribution in [0.2, 0.25) is 0 Å². The molecule has 1 aromatic carbocycles. The zero-order chi connectivity index (χ0) is 18.4. The van der Waals surface area contributed by atoms with Gasteiger partial charge in [-0.3, -0.25) is 9.67 Å². The molecule has 7 nitrogen and oxygen atoms in total. The van der Waals surface area contributed by atoms with Crippen LogP contribution >= 0.6 is 0 Å². The number of amides is 2. The smallest absolute Gasteiger partial charge is 0.319 e. The molecule has 0 aliphatic carbocycles. The first-order valence-electron chi connectivity index (χ1n) is 8.35. The molecule has 2 amide bonds. The second-order valence-corrected chi connectivity index (χ2v) is 5.72. The maximum absolute atomic E-state index is 12.2. The SMILES string of the molecule is CCOc1ccccc1NC(=O)NCc1cncc(-c2cnn(C)c2)c1. The summed E-state index contributed by atoms with van der Waals surface area (Å²) < 4.78 is 7.25. The van der Waals surface area contributed by atoms with Crippen molar-refractivity contribution >= 4 is 11.7 Å². The number of benzene rings is 1. The highest BCUT2D eigenvalue weighted by Gasteiger charge is 2.08. The first-order chi connectivity index (χ1) is 12.7. The molecule has 0 saturated heterocycles. The fourth-order valence-corrected chi connectivity index (χ4v) is 2.51. The Kier molecular flexibility index (Phi) is 5.48. The van der Waals surface area contributed by atoms with E-state index in [0.29, 0.717) is 24.6 Å². The van der Waals surface area contributed by atoms with Gasteiger partial charge in [0, 0.05) is 43.3 Å². The number of hydrogen-bond acceptors (Lipinski definition) is 4. The van der Waals surface area contributed by atoms with Gasteiger partial charge in [-0.05, 0) is 30.7 Å². The summed E-state index contributed by atoms with van der Waals surface area (Å²) in [5, 5.41) is 9.80. The molecular formula is C19H21N5O2. The Hall–Kier alpha value is -3.35. The summed E-state index contributed by atoms with van der Waals surface area (Å²) in [6.07, 6.45) is 7.21. The molecule has 0 aliphatic rings. The molecule has 0 radical (unpaired) electrons. The van der Waals surface area contributed by atoms with E-state index in [2.05, 4.69) is 20.7 Å². The van der Waals surface area contributed by atoms with Crippen LogP contribution in [0.25, 0.3) is 11.1 Å². The summed E-state index contributed by atoms with van der Waals surface area (Å²) in [7, 11) is 1.87. The number of carbonyl (C=O) groups is 1. The van der Waals surface area contributed by atoms with E-state index in [4.69, 9.17) is 4.74 Å². The Bertz CT molecular complexity index is 891. The minimum Gasteiger partial charge on any atom is -0.492 e. The van der Waals surface area contributed by atoms with E-state index in [0.717, 1.165) is 16.7 Å². The second kappa shape index (κ2) is 8.15. The molecule has 134 valence electrons. The fourth-order valence-electron chi connectivity index (χ4n) is 2.51. The molecule has 2 heterocycles. The maximum Gasteiger partial charge on any atom is 0.319 e. The Morgan fingerprint density at radius 1 is 1.19 bits per heavy atom. The predicted molar refractivity (Wildman–Crippen MR) is 99.9 cm³/mol. The van der Waals surface area contributed by atoms with Crippen LogP contribution in [-0.2, 0) is 13.6 Å². The van der Waals surface area contributed by atoms with E-state index in [1.807, 2.05) is 44.4 Å². The van der Waals surface area contributed by atoms with Gasteiger partial charge in [0.25, 0.3) is 0 Å². The highest BCUT2D eigenvalue weighted by atomic mass is 16.5. The van der Waals surface area contributed by atoms with Gasteiger partial charge in [0.15, 0.2) is 0 Å². The van der Waals surface area contributed by atoms with Crippen LogP contribution in [0.4, 0.5) is 10.5 Å². The third kappa shape index (κ3) is 4.38. The predicted octanol–water partition coefficient (Wildman–Crippen LogP) is 3.20. The number of aromatic nitrogens is 3. The number of nitrogens with zero attached hydrogens (tertiary/aromatic N) is 3. The van der Waals surface area contributed by atoms with Crippen molar-refractivity contribution in [3.8, 4) is 16.9 Å². The van der Waals surface area contributed by atoms with Crippen LogP contribution in [0.5, 0.6) is 5.75 Å². The van der Waals surface area contributed by atoms with Gasteiger partial charge in [0.05, 0.1) is 18.5 Å². The lowest BCUT2D eigenvalue weighted by atomic mass is 10.1. The highest BCUT2D eigenvalue weighted by molar-refractivity contribution is 5.90. The average Bonchev–Trinajstić information content (AvgIpc) is 3.09. The van der Waals surface area contributed by atoms with Gasteiger partial charge < -0.3 is 15.4 Å². The van der Waals surface area contributed by atoms with Gasteiger partial charge in [-0.25, -0.2) is 4.79 Å². The molecule has 3 rings (SSSR count). The summed E-state index contributed by atoms with van der Waals surface area (Å²) in [5.74, 6) is 0.644. The molecule has 2 N–H and O–H groups in total. The molecule has 0 fully saturated rings. The summed E-state index contributed by atoms with van der Waals surface area (Å²) >= 11 is 0. The highest BCUT2D eigenvalue weighted by Crippen LogP contribution is 2.23. The number of carbonyl (C=O) groups excluding carboxylic acids is 1. The van der Waals surface area contributed by atoms with Crippen molar-refractivity contribution in [2.24, 2.45) is 7.05 Å². The van der Waals surface area contributed by atoms with Crippen LogP contribution in [0.3, 0.4) is 0 Å². The van der Waals surface area contributed by atoms with E-state index < -0.39 is 0 Å². The van der Waals surface area contributed by atoms with Gasteiger partial charge >= 0.3 is 6.03 Å². The molecule has 0 saturated carbocycles. The Labute approximate surface area is 152 Å². The van der Waals surface area contributed by atoms with Crippen LogP contribution in [0.1, 0.15) is 12.5 Å². The normalized spacial score (nSPS) is 10.4. The van der Waals surface area contributed by atoms with Crippen LogP contribution in [0.15, 0.2) is 55.1 Å². The first kappa shape index (κ1) is 17.5. The van der Waals surface area contributed by atoms with Gasteiger partial charge in [-0.1, -0.05) is 12.1 Å². The zero-order valence-corrected chi connectivity index (χ0v) is 14.8. The molecule has 2 aromatic heterocycles. The lowest BCUT2D eigenvalue weighted by molar-refractivity contribution is 0.251. The summed E-state index contributed by atoms with van der Waals surface area (Å²) in [5.41, 5.74) is 3.48. The second-order valence-electron chi connectivity index (χ2n) is 5.72. The van der Waals surface area contributed by atoms with Crippen LogP contribution in [-0.4, -0.2) is 27.4 Å². The van der Waals surface area contributed by atoms with E-state index in [9.17, 15) is 4.79 Å². The Morgan fingerprint density at radius 3 is 2.81 bits per heavy atom. The Morgan fingerprint density at radius 2 is 2.04 bits per heavy atom. The number of anilines is 1. The fraction of sp³-hybridized carbons (Fsp3) is 0.211. The van der Waals surface area contributed by atoms with Crippen molar-refractivity contribution in [1.29, 1.82) is 0 Å². The topological polar surface area (TPSA) is 81.1 Å². The van der Waals surface area contributed by atoms with Crippen molar-refractivity contribution < 1.29 is 9.53 Å². The average molecular weight is 351 g/mol. The van der Waals surface area contributed by atoms with Gasteiger partial charge in [0.2, 0.25) is 0 Å². The first-order valence-corrected chi connectivity index (χ1v) is 8.35. The number of rotatable bonds is 6. The van der Waals surface area contributed by atoms with Gasteiger partial charge in [0.1, 0.15) is 5.75 Å².